The SMILES string of the molecule is O=c1[nH]c(-c2ccccc2)cn1-c1ccccc1O. The Labute approximate surface area is 109 Å². The molecule has 94 valence electrons. The van der Waals surface area contributed by atoms with Crippen LogP contribution in [-0.2, 0) is 0 Å². The molecule has 0 aliphatic rings. The standard InChI is InChI=1S/C15H12N2O2/c18-14-9-5-4-8-13(14)17-10-12(16-15(17)19)11-6-2-1-3-7-11/h1-10,18H,(H,16,19). The first-order valence-electron chi connectivity index (χ1n) is 5.91. The van der Waals surface area contributed by atoms with Crippen molar-refractivity contribution in [1.29, 1.82) is 0 Å². The minimum absolute atomic E-state index is 0.0724. The van der Waals surface area contributed by atoms with E-state index in [1.54, 1.807) is 30.5 Å². The zero-order chi connectivity index (χ0) is 13.2. The van der Waals surface area contributed by atoms with Gasteiger partial charge in [0.25, 0.3) is 0 Å². The number of aromatic amines is 1. The number of aromatic nitrogens is 2. The Bertz CT molecular complexity index is 757. The van der Waals surface area contributed by atoms with Crippen molar-refractivity contribution in [3.05, 3.63) is 71.3 Å². The second-order valence-electron chi connectivity index (χ2n) is 4.20. The Balaban J connectivity index is 2.14. The van der Waals surface area contributed by atoms with Crippen LogP contribution in [0.2, 0.25) is 0 Å². The molecule has 3 aromatic rings. The van der Waals surface area contributed by atoms with Crippen molar-refractivity contribution in [2.24, 2.45) is 0 Å². The molecule has 0 fully saturated rings. The number of imidazole rings is 1. The molecule has 0 saturated heterocycles. The third-order valence-corrected chi connectivity index (χ3v) is 2.94. The van der Waals surface area contributed by atoms with Crippen molar-refractivity contribution in [2.75, 3.05) is 0 Å². The molecule has 4 nitrogen and oxygen atoms in total. The van der Waals surface area contributed by atoms with Crippen molar-refractivity contribution in [1.82, 2.24) is 9.55 Å². The summed E-state index contributed by atoms with van der Waals surface area (Å²) >= 11 is 0. The predicted molar refractivity (Wildman–Crippen MR) is 73.5 cm³/mol. The summed E-state index contributed by atoms with van der Waals surface area (Å²) in [4.78, 5) is 14.7. The van der Waals surface area contributed by atoms with Gasteiger partial charge in [0, 0.05) is 6.20 Å². The number of benzene rings is 2. The number of hydrogen-bond acceptors (Lipinski definition) is 2. The van der Waals surface area contributed by atoms with Gasteiger partial charge in [-0.1, -0.05) is 42.5 Å². The van der Waals surface area contributed by atoms with Gasteiger partial charge in [0.1, 0.15) is 5.75 Å². The van der Waals surface area contributed by atoms with E-state index in [2.05, 4.69) is 4.98 Å². The zero-order valence-electron chi connectivity index (χ0n) is 10.1. The number of hydrogen-bond donors (Lipinski definition) is 2. The van der Waals surface area contributed by atoms with Gasteiger partial charge in [-0.25, -0.2) is 4.79 Å². The van der Waals surface area contributed by atoms with Crippen LogP contribution in [0.4, 0.5) is 0 Å². The van der Waals surface area contributed by atoms with E-state index in [1.165, 1.54) is 4.57 Å². The smallest absolute Gasteiger partial charge is 0.330 e. The monoisotopic (exact) mass is 252 g/mol. The number of phenols is 1. The lowest BCUT2D eigenvalue weighted by molar-refractivity contribution is 0.472. The molecule has 0 bridgehead atoms. The largest absolute Gasteiger partial charge is 0.506 e. The molecule has 2 aromatic carbocycles. The van der Waals surface area contributed by atoms with Crippen LogP contribution in [-0.4, -0.2) is 14.7 Å². The normalized spacial score (nSPS) is 10.5. The summed E-state index contributed by atoms with van der Waals surface area (Å²) in [6.07, 6.45) is 1.69. The molecule has 1 heterocycles. The summed E-state index contributed by atoms with van der Waals surface area (Å²) in [6, 6.07) is 16.3. The summed E-state index contributed by atoms with van der Waals surface area (Å²) in [7, 11) is 0. The van der Waals surface area contributed by atoms with E-state index in [0.717, 1.165) is 5.56 Å². The van der Waals surface area contributed by atoms with Gasteiger partial charge in [-0.05, 0) is 17.7 Å². The van der Waals surface area contributed by atoms with Crippen LogP contribution in [0.5, 0.6) is 5.75 Å². The first-order chi connectivity index (χ1) is 9.25. The molecule has 0 radical (unpaired) electrons. The topological polar surface area (TPSA) is 58.0 Å². The molecule has 19 heavy (non-hydrogen) atoms. The highest BCUT2D eigenvalue weighted by Gasteiger charge is 2.09. The minimum Gasteiger partial charge on any atom is -0.506 e. The molecule has 2 N–H and O–H groups in total. The van der Waals surface area contributed by atoms with Gasteiger partial charge < -0.3 is 10.1 Å². The van der Waals surface area contributed by atoms with Gasteiger partial charge in [0.15, 0.2) is 0 Å². The molecular weight excluding hydrogens is 240 g/mol. The van der Waals surface area contributed by atoms with E-state index in [4.69, 9.17) is 0 Å². The summed E-state index contributed by atoms with van der Waals surface area (Å²) < 4.78 is 1.40. The van der Waals surface area contributed by atoms with E-state index in [-0.39, 0.29) is 11.4 Å². The summed E-state index contributed by atoms with van der Waals surface area (Å²) in [5.41, 5.74) is 1.83. The van der Waals surface area contributed by atoms with Gasteiger partial charge >= 0.3 is 5.69 Å². The third kappa shape index (κ3) is 2.04. The Kier molecular flexibility index (Phi) is 2.68. The van der Waals surface area contributed by atoms with Crippen LogP contribution in [0.3, 0.4) is 0 Å². The number of nitrogens with one attached hydrogen (secondary N) is 1. The van der Waals surface area contributed by atoms with Crippen LogP contribution in [0, 0.1) is 0 Å². The number of phenolic OH excluding ortho intramolecular Hbond substituents is 1. The van der Waals surface area contributed by atoms with Gasteiger partial charge in [0.05, 0.1) is 11.4 Å². The highest BCUT2D eigenvalue weighted by molar-refractivity contribution is 5.59. The number of aromatic hydroxyl groups is 1. The average molecular weight is 252 g/mol. The van der Waals surface area contributed by atoms with Crippen LogP contribution in [0.1, 0.15) is 0 Å². The Morgan fingerprint density at radius 2 is 1.63 bits per heavy atom. The molecule has 1 aromatic heterocycles. The summed E-state index contributed by atoms with van der Waals surface area (Å²) in [5.74, 6) is 0.0724. The maximum absolute atomic E-state index is 12.0. The van der Waals surface area contributed by atoms with Gasteiger partial charge in [0.2, 0.25) is 0 Å². The highest BCUT2D eigenvalue weighted by Crippen LogP contribution is 2.21. The van der Waals surface area contributed by atoms with Gasteiger partial charge in [-0.2, -0.15) is 0 Å². The predicted octanol–water partition coefficient (Wildman–Crippen LogP) is 2.54. The van der Waals surface area contributed by atoms with Crippen molar-refractivity contribution in [3.8, 4) is 22.7 Å². The quantitative estimate of drug-likeness (QED) is 0.736. The van der Waals surface area contributed by atoms with Gasteiger partial charge in [-0.15, -0.1) is 0 Å². The number of rotatable bonds is 2. The molecule has 0 unspecified atom stereocenters. The molecule has 0 atom stereocenters. The maximum Gasteiger partial charge on any atom is 0.330 e. The van der Waals surface area contributed by atoms with Crippen molar-refractivity contribution >= 4 is 0 Å². The minimum atomic E-state index is -0.277. The lowest BCUT2D eigenvalue weighted by Gasteiger charge is -2.02. The Hall–Kier alpha value is -2.75. The molecule has 0 spiro atoms. The first kappa shape index (κ1) is 11.3. The van der Waals surface area contributed by atoms with E-state index < -0.39 is 0 Å². The number of para-hydroxylation sites is 2. The number of H-pyrrole nitrogens is 1. The van der Waals surface area contributed by atoms with Crippen LogP contribution in [0.25, 0.3) is 16.9 Å². The fourth-order valence-corrected chi connectivity index (χ4v) is 2.01. The lowest BCUT2D eigenvalue weighted by Crippen LogP contribution is -2.13. The fraction of sp³-hybridized carbons (Fsp3) is 0. The van der Waals surface area contributed by atoms with Crippen molar-refractivity contribution in [3.63, 3.8) is 0 Å². The summed E-state index contributed by atoms with van der Waals surface area (Å²) in [5, 5.41) is 9.79. The van der Waals surface area contributed by atoms with E-state index in [9.17, 15) is 9.90 Å². The van der Waals surface area contributed by atoms with Gasteiger partial charge in [-0.3, -0.25) is 4.57 Å². The van der Waals surface area contributed by atoms with Crippen LogP contribution >= 0.6 is 0 Å². The molecule has 0 aliphatic heterocycles. The van der Waals surface area contributed by atoms with Crippen LogP contribution in [0.15, 0.2) is 65.6 Å². The van der Waals surface area contributed by atoms with Crippen LogP contribution < -0.4 is 5.69 Å². The molecule has 3 rings (SSSR count). The lowest BCUT2D eigenvalue weighted by atomic mass is 10.2. The van der Waals surface area contributed by atoms with Crippen molar-refractivity contribution in [2.45, 2.75) is 0 Å². The first-order valence-corrected chi connectivity index (χ1v) is 5.91. The molecule has 0 aliphatic carbocycles. The molecule has 0 amide bonds. The highest BCUT2D eigenvalue weighted by atomic mass is 16.3. The zero-order valence-corrected chi connectivity index (χ0v) is 10.1. The second-order valence-corrected chi connectivity index (χ2v) is 4.20. The molecule has 0 saturated carbocycles. The third-order valence-electron chi connectivity index (χ3n) is 2.94. The number of nitrogens with zero attached hydrogens (tertiary/aromatic N) is 1. The molecule has 4 heteroatoms. The Morgan fingerprint density at radius 3 is 2.37 bits per heavy atom. The maximum atomic E-state index is 12.0. The van der Waals surface area contributed by atoms with Crippen molar-refractivity contribution < 1.29 is 5.11 Å². The summed E-state index contributed by atoms with van der Waals surface area (Å²) in [6.45, 7) is 0. The average Bonchev–Trinajstić information content (AvgIpc) is 2.82. The van der Waals surface area contributed by atoms with E-state index in [1.807, 2.05) is 30.3 Å². The van der Waals surface area contributed by atoms with E-state index >= 15 is 0 Å². The molecular formula is C15H12N2O2. The second kappa shape index (κ2) is 4.49. The Morgan fingerprint density at radius 1 is 0.947 bits per heavy atom. The fourth-order valence-electron chi connectivity index (χ4n) is 2.01. The van der Waals surface area contributed by atoms with E-state index in [0.29, 0.717) is 11.4 Å².